The maximum atomic E-state index is 8.75. The number of H-pyrrole nitrogens is 1. The van der Waals surface area contributed by atoms with E-state index in [0.29, 0.717) is 6.42 Å². The zero-order chi connectivity index (χ0) is 10.8. The molecule has 80 valence electrons. The molecule has 4 heteroatoms. The van der Waals surface area contributed by atoms with Crippen LogP contribution in [0.25, 0.3) is 0 Å². The fourth-order valence-electron chi connectivity index (χ4n) is 1.21. The maximum Gasteiger partial charge on any atom is 0.0678 e. The van der Waals surface area contributed by atoms with E-state index in [9.17, 15) is 0 Å². The topological polar surface area (TPSA) is 74.9 Å². The van der Waals surface area contributed by atoms with Crippen molar-refractivity contribution in [2.24, 2.45) is 5.73 Å². The fraction of sp³-hybridized carbons (Fsp3) is 0.700. The molecule has 0 spiro atoms. The maximum absolute atomic E-state index is 8.75. The Hall–Kier alpha value is -0.870. The third-order valence-corrected chi connectivity index (χ3v) is 2.21. The number of aliphatic hydroxyl groups is 1. The van der Waals surface area contributed by atoms with Crippen LogP contribution in [0.1, 0.15) is 44.6 Å². The predicted molar refractivity (Wildman–Crippen MR) is 55.9 cm³/mol. The first-order valence-corrected chi connectivity index (χ1v) is 4.87. The van der Waals surface area contributed by atoms with Crippen LogP contribution in [0.3, 0.4) is 0 Å². The van der Waals surface area contributed by atoms with Crippen molar-refractivity contribution in [2.45, 2.75) is 38.6 Å². The standard InChI is InChI=1S/C10H19N3O/c1-10(2,3)9-6-8(12-13-9)7(11)4-5-14/h6-7,14H,4-5,11H2,1-3H3,(H,12,13). The second kappa shape index (κ2) is 4.11. The first-order chi connectivity index (χ1) is 6.45. The van der Waals surface area contributed by atoms with Gasteiger partial charge in [-0.15, -0.1) is 0 Å². The van der Waals surface area contributed by atoms with Crippen LogP contribution in [-0.2, 0) is 5.41 Å². The molecular formula is C10H19N3O. The van der Waals surface area contributed by atoms with Crippen molar-refractivity contribution in [2.75, 3.05) is 6.61 Å². The van der Waals surface area contributed by atoms with Gasteiger partial charge in [-0.1, -0.05) is 20.8 Å². The molecule has 0 aliphatic carbocycles. The minimum Gasteiger partial charge on any atom is -0.396 e. The molecule has 1 atom stereocenters. The Labute approximate surface area is 84.5 Å². The first-order valence-electron chi connectivity index (χ1n) is 4.87. The van der Waals surface area contributed by atoms with Gasteiger partial charge in [0.25, 0.3) is 0 Å². The summed E-state index contributed by atoms with van der Waals surface area (Å²) < 4.78 is 0. The molecule has 0 amide bonds. The van der Waals surface area contributed by atoms with Crippen molar-refractivity contribution in [3.63, 3.8) is 0 Å². The number of hydrogen-bond donors (Lipinski definition) is 3. The van der Waals surface area contributed by atoms with Crippen LogP contribution in [-0.4, -0.2) is 21.9 Å². The SMILES string of the molecule is CC(C)(C)c1cc(C(N)CCO)[nH]n1. The fourth-order valence-corrected chi connectivity index (χ4v) is 1.21. The zero-order valence-electron chi connectivity index (χ0n) is 9.04. The molecule has 0 saturated heterocycles. The van der Waals surface area contributed by atoms with Gasteiger partial charge >= 0.3 is 0 Å². The molecule has 1 heterocycles. The Morgan fingerprint density at radius 3 is 2.64 bits per heavy atom. The van der Waals surface area contributed by atoms with E-state index in [0.717, 1.165) is 11.4 Å². The van der Waals surface area contributed by atoms with E-state index in [1.54, 1.807) is 0 Å². The van der Waals surface area contributed by atoms with Crippen molar-refractivity contribution in [1.82, 2.24) is 10.2 Å². The summed E-state index contributed by atoms with van der Waals surface area (Å²) in [6, 6.07) is 1.82. The van der Waals surface area contributed by atoms with Gasteiger partial charge in [0.1, 0.15) is 0 Å². The van der Waals surface area contributed by atoms with Gasteiger partial charge < -0.3 is 10.8 Å². The first kappa shape index (κ1) is 11.2. The number of hydrogen-bond acceptors (Lipinski definition) is 3. The number of rotatable bonds is 3. The predicted octanol–water partition coefficient (Wildman–Crippen LogP) is 1.09. The van der Waals surface area contributed by atoms with E-state index in [4.69, 9.17) is 10.8 Å². The van der Waals surface area contributed by atoms with Crippen molar-refractivity contribution < 1.29 is 5.11 Å². The van der Waals surface area contributed by atoms with Gasteiger partial charge in [0.2, 0.25) is 0 Å². The molecule has 1 rings (SSSR count). The van der Waals surface area contributed by atoms with Gasteiger partial charge in [-0.25, -0.2) is 0 Å². The molecule has 0 aromatic carbocycles. The Morgan fingerprint density at radius 1 is 1.57 bits per heavy atom. The van der Waals surface area contributed by atoms with Gasteiger partial charge in [0, 0.05) is 18.1 Å². The van der Waals surface area contributed by atoms with Gasteiger partial charge in [0.05, 0.1) is 11.4 Å². The van der Waals surface area contributed by atoms with Gasteiger partial charge in [-0.3, -0.25) is 5.10 Å². The summed E-state index contributed by atoms with van der Waals surface area (Å²) in [4.78, 5) is 0. The summed E-state index contributed by atoms with van der Waals surface area (Å²) in [7, 11) is 0. The normalized spacial score (nSPS) is 14.4. The van der Waals surface area contributed by atoms with Crippen LogP contribution in [0, 0.1) is 0 Å². The second-order valence-corrected chi connectivity index (χ2v) is 4.58. The summed E-state index contributed by atoms with van der Waals surface area (Å²) in [5.41, 5.74) is 7.76. The minimum atomic E-state index is -0.149. The molecule has 0 aliphatic heterocycles. The molecule has 1 aromatic rings. The summed E-state index contributed by atoms with van der Waals surface area (Å²) in [6.07, 6.45) is 0.561. The summed E-state index contributed by atoms with van der Waals surface area (Å²) >= 11 is 0. The van der Waals surface area contributed by atoms with E-state index in [-0.39, 0.29) is 18.1 Å². The van der Waals surface area contributed by atoms with E-state index in [2.05, 4.69) is 31.0 Å². The van der Waals surface area contributed by atoms with Gasteiger partial charge in [0.15, 0.2) is 0 Å². The third-order valence-electron chi connectivity index (χ3n) is 2.21. The Kier molecular flexibility index (Phi) is 3.29. The molecule has 0 saturated carbocycles. The van der Waals surface area contributed by atoms with Crippen molar-refractivity contribution >= 4 is 0 Å². The number of aliphatic hydroxyl groups excluding tert-OH is 1. The molecular weight excluding hydrogens is 178 g/mol. The molecule has 0 bridgehead atoms. The van der Waals surface area contributed by atoms with Crippen LogP contribution in [0.2, 0.25) is 0 Å². The lowest BCUT2D eigenvalue weighted by molar-refractivity contribution is 0.275. The lowest BCUT2D eigenvalue weighted by Crippen LogP contribution is -2.13. The molecule has 4 nitrogen and oxygen atoms in total. The largest absolute Gasteiger partial charge is 0.396 e. The van der Waals surface area contributed by atoms with Crippen molar-refractivity contribution in [1.29, 1.82) is 0 Å². The molecule has 0 aliphatic rings. The smallest absolute Gasteiger partial charge is 0.0678 e. The highest BCUT2D eigenvalue weighted by molar-refractivity contribution is 5.18. The van der Waals surface area contributed by atoms with E-state index in [1.807, 2.05) is 6.07 Å². The summed E-state index contributed by atoms with van der Waals surface area (Å²) in [5, 5.41) is 15.9. The summed E-state index contributed by atoms with van der Waals surface area (Å²) in [5.74, 6) is 0. The number of aromatic amines is 1. The molecule has 4 N–H and O–H groups in total. The molecule has 0 radical (unpaired) electrons. The third kappa shape index (κ3) is 2.56. The van der Waals surface area contributed by atoms with Crippen LogP contribution in [0.5, 0.6) is 0 Å². The van der Waals surface area contributed by atoms with E-state index >= 15 is 0 Å². The van der Waals surface area contributed by atoms with Crippen molar-refractivity contribution in [3.8, 4) is 0 Å². The Bertz CT molecular complexity index is 288. The molecule has 14 heavy (non-hydrogen) atoms. The average Bonchev–Trinajstić information content (AvgIpc) is 2.51. The van der Waals surface area contributed by atoms with Crippen molar-refractivity contribution in [3.05, 3.63) is 17.5 Å². The minimum absolute atomic E-state index is 0.0354. The van der Waals surface area contributed by atoms with Gasteiger partial charge in [-0.05, 0) is 12.5 Å². The number of nitrogens with zero attached hydrogens (tertiary/aromatic N) is 1. The highest BCUT2D eigenvalue weighted by Gasteiger charge is 2.18. The molecule has 1 aromatic heterocycles. The highest BCUT2D eigenvalue weighted by atomic mass is 16.3. The second-order valence-electron chi connectivity index (χ2n) is 4.58. The van der Waals surface area contributed by atoms with E-state index in [1.165, 1.54) is 0 Å². The number of nitrogens with two attached hydrogens (primary N) is 1. The quantitative estimate of drug-likeness (QED) is 0.679. The number of aromatic nitrogens is 2. The van der Waals surface area contributed by atoms with Crippen LogP contribution in [0.15, 0.2) is 6.07 Å². The lowest BCUT2D eigenvalue weighted by Gasteiger charge is -2.13. The van der Waals surface area contributed by atoms with Crippen LogP contribution < -0.4 is 5.73 Å². The van der Waals surface area contributed by atoms with Gasteiger partial charge in [-0.2, -0.15) is 5.10 Å². The lowest BCUT2D eigenvalue weighted by atomic mass is 9.92. The van der Waals surface area contributed by atoms with Crippen LogP contribution in [0.4, 0.5) is 0 Å². The average molecular weight is 197 g/mol. The highest BCUT2D eigenvalue weighted by Crippen LogP contribution is 2.22. The number of nitrogens with one attached hydrogen (secondary N) is 1. The zero-order valence-corrected chi connectivity index (χ0v) is 9.04. The summed E-state index contributed by atoms with van der Waals surface area (Å²) in [6.45, 7) is 6.41. The molecule has 0 fully saturated rings. The Balaban J connectivity index is 2.78. The van der Waals surface area contributed by atoms with Crippen LogP contribution >= 0.6 is 0 Å². The molecule has 1 unspecified atom stereocenters. The Morgan fingerprint density at radius 2 is 2.21 bits per heavy atom. The monoisotopic (exact) mass is 197 g/mol. The van der Waals surface area contributed by atoms with E-state index < -0.39 is 0 Å².